The topological polar surface area (TPSA) is 45.6 Å². The molecule has 0 radical (unpaired) electrons. The van der Waals surface area contributed by atoms with Crippen LogP contribution in [0.2, 0.25) is 0 Å². The van der Waals surface area contributed by atoms with E-state index in [9.17, 15) is 4.79 Å². The van der Waals surface area contributed by atoms with Crippen molar-refractivity contribution in [2.24, 2.45) is 4.99 Å². The van der Waals surface area contributed by atoms with Crippen LogP contribution in [0.3, 0.4) is 0 Å². The highest BCUT2D eigenvalue weighted by atomic mass is 16.2. The first-order chi connectivity index (χ1) is 13.8. The van der Waals surface area contributed by atoms with Gasteiger partial charge in [0, 0.05) is 17.3 Å². The molecule has 1 amide bonds. The van der Waals surface area contributed by atoms with Crippen LogP contribution in [-0.2, 0) is 0 Å². The van der Waals surface area contributed by atoms with Gasteiger partial charge in [0.25, 0.3) is 5.91 Å². The van der Waals surface area contributed by atoms with Gasteiger partial charge >= 0.3 is 0 Å². The molecule has 2 aliphatic heterocycles. The minimum Gasteiger partial charge on any atom is -0.280 e. The Morgan fingerprint density at radius 3 is 2.46 bits per heavy atom. The smallest absolute Gasteiger partial charge is 0.261 e. The van der Waals surface area contributed by atoms with Gasteiger partial charge in [-0.2, -0.15) is 0 Å². The second-order valence-electron chi connectivity index (χ2n) is 7.08. The first-order valence-corrected chi connectivity index (χ1v) is 9.26. The highest BCUT2D eigenvalue weighted by molar-refractivity contribution is 6.24. The quantitative estimate of drug-likeness (QED) is 0.485. The highest BCUT2D eigenvalue weighted by Gasteiger charge is 2.43. The number of aromatic nitrogens is 1. The normalized spacial score (nSPS) is 17.1. The van der Waals surface area contributed by atoms with E-state index < -0.39 is 0 Å². The number of amides is 1. The van der Waals surface area contributed by atoms with E-state index in [1.54, 1.807) is 6.20 Å². The third kappa shape index (κ3) is 2.03. The third-order valence-electron chi connectivity index (χ3n) is 5.52. The number of aliphatic imine (C=N–C) groups is 1. The monoisotopic (exact) mass is 361 g/mol. The molecule has 4 heteroatoms. The number of nitrogens with zero attached hydrogens (tertiary/aromatic N) is 3. The van der Waals surface area contributed by atoms with Crippen molar-refractivity contribution in [3.8, 4) is 0 Å². The molecule has 28 heavy (non-hydrogen) atoms. The Morgan fingerprint density at radius 2 is 1.57 bits per heavy atom. The number of rotatable bonds is 1. The predicted octanol–water partition coefficient (Wildman–Crippen LogP) is 4.87. The van der Waals surface area contributed by atoms with Crippen LogP contribution in [0.4, 0.5) is 5.82 Å². The molecule has 0 fully saturated rings. The van der Waals surface area contributed by atoms with Crippen LogP contribution in [0, 0.1) is 0 Å². The lowest BCUT2D eigenvalue weighted by molar-refractivity contribution is 0.0831. The lowest BCUT2D eigenvalue weighted by Crippen LogP contribution is -2.37. The average Bonchev–Trinajstić information content (AvgIpc) is 3.04. The van der Waals surface area contributed by atoms with Crippen molar-refractivity contribution >= 4 is 28.3 Å². The number of hydrogen-bond donors (Lipinski definition) is 0. The Hall–Kier alpha value is -3.79. The molecule has 3 aromatic carbocycles. The van der Waals surface area contributed by atoms with Crippen LogP contribution in [0.1, 0.15) is 33.1 Å². The number of hydrogen-bond acceptors (Lipinski definition) is 3. The number of carbonyl (C=O) groups is 1. The van der Waals surface area contributed by atoms with Crippen LogP contribution >= 0.6 is 0 Å². The maximum Gasteiger partial charge on any atom is 0.261 e. The van der Waals surface area contributed by atoms with Gasteiger partial charge in [-0.15, -0.1) is 0 Å². The fourth-order valence-corrected chi connectivity index (χ4v) is 4.24. The summed E-state index contributed by atoms with van der Waals surface area (Å²) in [5.74, 6) is 1.35. The maximum absolute atomic E-state index is 13.3. The second kappa shape index (κ2) is 5.60. The summed E-state index contributed by atoms with van der Waals surface area (Å²) in [6, 6.07) is 26.0. The molecule has 2 aliphatic rings. The van der Waals surface area contributed by atoms with E-state index in [1.165, 1.54) is 5.39 Å². The fourth-order valence-electron chi connectivity index (χ4n) is 4.24. The Morgan fingerprint density at radius 1 is 0.786 bits per heavy atom. The van der Waals surface area contributed by atoms with Crippen molar-refractivity contribution in [2.75, 3.05) is 0 Å². The predicted molar refractivity (Wildman–Crippen MR) is 109 cm³/mol. The van der Waals surface area contributed by atoms with Crippen molar-refractivity contribution in [3.63, 3.8) is 0 Å². The minimum absolute atomic E-state index is 0.0120. The Labute approximate surface area is 161 Å². The van der Waals surface area contributed by atoms with Gasteiger partial charge in [0.1, 0.15) is 5.84 Å². The summed E-state index contributed by atoms with van der Waals surface area (Å²) in [5.41, 5.74) is 3.57. The summed E-state index contributed by atoms with van der Waals surface area (Å²) in [4.78, 5) is 24.4. The summed E-state index contributed by atoms with van der Waals surface area (Å²) in [6.07, 6.45) is 1.75. The molecule has 0 spiro atoms. The zero-order valence-corrected chi connectivity index (χ0v) is 14.9. The standard InChI is InChI=1S/C24H15N3O/c28-24-19-9-4-3-8-18(19)23-26-22-20(10-5-13-25-22)21(27(23)24)17-12-11-15-6-1-2-7-16(15)14-17/h1-14,21H. The van der Waals surface area contributed by atoms with Gasteiger partial charge in [0.05, 0.1) is 11.6 Å². The summed E-state index contributed by atoms with van der Waals surface area (Å²) < 4.78 is 0. The molecule has 1 unspecified atom stereocenters. The fraction of sp³-hybridized carbons (Fsp3) is 0.0417. The number of benzene rings is 3. The van der Waals surface area contributed by atoms with Gasteiger partial charge in [-0.1, -0.05) is 60.7 Å². The molecular formula is C24H15N3O. The summed E-state index contributed by atoms with van der Waals surface area (Å²) in [6.45, 7) is 0. The van der Waals surface area contributed by atoms with Crippen LogP contribution in [0.25, 0.3) is 10.8 Å². The van der Waals surface area contributed by atoms with Gasteiger partial charge in [-0.3, -0.25) is 9.69 Å². The van der Waals surface area contributed by atoms with Gasteiger partial charge in [-0.05, 0) is 34.5 Å². The molecule has 0 bridgehead atoms. The SMILES string of the molecule is O=C1c2ccccc2C2=Nc3ncccc3C(c3ccc4ccccc4c3)N12. The summed E-state index contributed by atoms with van der Waals surface area (Å²) >= 11 is 0. The van der Waals surface area contributed by atoms with Crippen LogP contribution in [0.15, 0.2) is 90.1 Å². The van der Waals surface area contributed by atoms with E-state index in [0.717, 1.165) is 22.1 Å². The number of pyridine rings is 1. The number of amidine groups is 1. The first-order valence-electron chi connectivity index (χ1n) is 9.26. The average molecular weight is 361 g/mol. The molecule has 4 nitrogen and oxygen atoms in total. The van der Waals surface area contributed by atoms with Gasteiger partial charge in [-0.25, -0.2) is 9.98 Å². The molecule has 0 saturated carbocycles. The van der Waals surface area contributed by atoms with Crippen molar-refractivity contribution in [3.05, 3.63) is 107 Å². The van der Waals surface area contributed by atoms with E-state index in [1.807, 2.05) is 53.4 Å². The van der Waals surface area contributed by atoms with Crippen LogP contribution in [0.5, 0.6) is 0 Å². The Balaban J connectivity index is 1.62. The van der Waals surface area contributed by atoms with Gasteiger partial charge < -0.3 is 0 Å². The van der Waals surface area contributed by atoms with E-state index >= 15 is 0 Å². The molecule has 1 aromatic heterocycles. The summed E-state index contributed by atoms with van der Waals surface area (Å²) in [5, 5.41) is 2.33. The lowest BCUT2D eigenvalue weighted by Gasteiger charge is -2.33. The van der Waals surface area contributed by atoms with Crippen LogP contribution < -0.4 is 0 Å². The van der Waals surface area contributed by atoms with Gasteiger partial charge in [0.15, 0.2) is 5.82 Å². The minimum atomic E-state index is -0.249. The molecule has 3 heterocycles. The first kappa shape index (κ1) is 15.3. The van der Waals surface area contributed by atoms with E-state index in [2.05, 4.69) is 35.3 Å². The second-order valence-corrected chi connectivity index (χ2v) is 7.08. The van der Waals surface area contributed by atoms with Crippen molar-refractivity contribution in [1.82, 2.24) is 9.88 Å². The van der Waals surface area contributed by atoms with E-state index in [-0.39, 0.29) is 11.9 Å². The zero-order chi connectivity index (χ0) is 18.7. The largest absolute Gasteiger partial charge is 0.280 e. The number of fused-ring (bicyclic) bond motifs is 5. The van der Waals surface area contributed by atoms with Crippen molar-refractivity contribution in [1.29, 1.82) is 0 Å². The molecule has 4 aromatic rings. The van der Waals surface area contributed by atoms with Crippen molar-refractivity contribution < 1.29 is 4.79 Å². The maximum atomic E-state index is 13.3. The number of carbonyl (C=O) groups excluding carboxylic acids is 1. The lowest BCUT2D eigenvalue weighted by atomic mass is 9.94. The molecule has 0 aliphatic carbocycles. The van der Waals surface area contributed by atoms with E-state index in [0.29, 0.717) is 17.2 Å². The molecular weight excluding hydrogens is 346 g/mol. The Kier molecular flexibility index (Phi) is 3.06. The molecule has 132 valence electrons. The third-order valence-corrected chi connectivity index (χ3v) is 5.52. The Bertz CT molecular complexity index is 1310. The summed E-state index contributed by atoms with van der Waals surface area (Å²) in [7, 11) is 0. The molecule has 0 N–H and O–H groups in total. The van der Waals surface area contributed by atoms with Gasteiger partial charge in [0.2, 0.25) is 0 Å². The molecule has 1 atom stereocenters. The molecule has 0 saturated heterocycles. The van der Waals surface area contributed by atoms with Crippen molar-refractivity contribution in [2.45, 2.75) is 6.04 Å². The molecule has 6 rings (SSSR count). The van der Waals surface area contributed by atoms with Crippen LogP contribution in [-0.4, -0.2) is 21.6 Å². The zero-order valence-electron chi connectivity index (χ0n) is 14.9. The van der Waals surface area contributed by atoms with E-state index in [4.69, 9.17) is 4.99 Å². The highest BCUT2D eigenvalue weighted by Crippen LogP contribution is 2.43.